The molecule has 0 radical (unpaired) electrons. The van der Waals surface area contributed by atoms with Crippen LogP contribution in [0.15, 0.2) is 39.4 Å². The van der Waals surface area contributed by atoms with Crippen molar-refractivity contribution in [3.63, 3.8) is 0 Å². The molecular weight excluding hydrogens is 374 g/mol. The molecule has 2 N–H and O–H groups in total. The molecule has 5 nitrogen and oxygen atoms in total. The first-order chi connectivity index (χ1) is 10.9. The maximum atomic E-state index is 13.0. The minimum atomic E-state index is -0.664. The molecule has 0 atom stereocenters. The van der Waals surface area contributed by atoms with E-state index >= 15 is 0 Å². The number of amides is 2. The number of carbonyl (C=O) groups excluding carboxylic acids is 2. The molecule has 1 aromatic heterocycles. The van der Waals surface area contributed by atoms with Gasteiger partial charge in [0.15, 0.2) is 10.4 Å². The Kier molecular flexibility index (Phi) is 5.86. The summed E-state index contributed by atoms with van der Waals surface area (Å²) >= 11 is 3.07. The van der Waals surface area contributed by atoms with E-state index in [1.807, 2.05) is 0 Å². The maximum Gasteiger partial charge on any atom is 0.287 e. The van der Waals surface area contributed by atoms with Gasteiger partial charge in [0.05, 0.1) is 6.54 Å². The summed E-state index contributed by atoms with van der Waals surface area (Å²) in [5.74, 6) is -2.18. The summed E-state index contributed by atoms with van der Waals surface area (Å²) in [5.41, 5.74) is 0.437. The van der Waals surface area contributed by atoms with E-state index in [9.17, 15) is 18.4 Å². The Morgan fingerprint density at radius 2 is 1.78 bits per heavy atom. The zero-order valence-corrected chi connectivity index (χ0v) is 13.5. The lowest BCUT2D eigenvalue weighted by atomic mass is 10.1. The molecule has 0 saturated heterocycles. The van der Waals surface area contributed by atoms with Crippen LogP contribution in [0.2, 0.25) is 0 Å². The molecule has 0 bridgehead atoms. The lowest BCUT2D eigenvalue weighted by Crippen LogP contribution is -2.37. The van der Waals surface area contributed by atoms with Crippen molar-refractivity contribution in [2.24, 2.45) is 0 Å². The molecule has 0 fully saturated rings. The number of furan rings is 1. The lowest BCUT2D eigenvalue weighted by molar-refractivity contribution is -0.120. The highest BCUT2D eigenvalue weighted by Crippen LogP contribution is 2.13. The molecule has 0 saturated carbocycles. The summed E-state index contributed by atoms with van der Waals surface area (Å²) in [7, 11) is 0. The van der Waals surface area contributed by atoms with Crippen molar-refractivity contribution in [1.29, 1.82) is 0 Å². The van der Waals surface area contributed by atoms with Gasteiger partial charge in [0.2, 0.25) is 5.91 Å². The normalized spacial score (nSPS) is 10.4. The van der Waals surface area contributed by atoms with E-state index in [2.05, 4.69) is 26.6 Å². The number of rotatable bonds is 6. The summed E-state index contributed by atoms with van der Waals surface area (Å²) < 4.78 is 31.5. The third-order valence-electron chi connectivity index (χ3n) is 2.86. The van der Waals surface area contributed by atoms with Crippen LogP contribution in [0.1, 0.15) is 16.1 Å². The molecule has 0 aliphatic carbocycles. The first-order valence-electron chi connectivity index (χ1n) is 6.69. The monoisotopic (exact) mass is 386 g/mol. The van der Waals surface area contributed by atoms with Gasteiger partial charge in [0.25, 0.3) is 5.91 Å². The van der Waals surface area contributed by atoms with Gasteiger partial charge in [-0.15, -0.1) is 0 Å². The van der Waals surface area contributed by atoms with Crippen molar-refractivity contribution in [2.45, 2.75) is 6.42 Å². The van der Waals surface area contributed by atoms with Gasteiger partial charge in [-0.25, -0.2) is 8.78 Å². The quantitative estimate of drug-likeness (QED) is 0.800. The van der Waals surface area contributed by atoms with Crippen molar-refractivity contribution in [2.75, 3.05) is 13.1 Å². The molecule has 122 valence electrons. The average Bonchev–Trinajstić information content (AvgIpc) is 2.90. The predicted molar refractivity (Wildman–Crippen MR) is 81.8 cm³/mol. The van der Waals surface area contributed by atoms with E-state index in [0.717, 1.165) is 6.07 Å². The Bertz CT molecular complexity index is 698. The Hall–Kier alpha value is -2.22. The minimum absolute atomic E-state index is 0.0833. The third kappa shape index (κ3) is 5.48. The molecule has 23 heavy (non-hydrogen) atoms. The predicted octanol–water partition coefficient (Wildman–Crippen LogP) is 2.41. The molecule has 0 aliphatic rings. The first kappa shape index (κ1) is 17.1. The van der Waals surface area contributed by atoms with E-state index in [0.29, 0.717) is 10.2 Å². The second kappa shape index (κ2) is 7.87. The van der Waals surface area contributed by atoms with Crippen molar-refractivity contribution < 1.29 is 22.8 Å². The molecule has 2 rings (SSSR count). The molecule has 8 heteroatoms. The Morgan fingerprint density at radius 1 is 1.09 bits per heavy atom. The number of carbonyl (C=O) groups is 2. The zero-order chi connectivity index (χ0) is 16.8. The molecule has 0 aliphatic heterocycles. The molecular formula is C15H13BrF2N2O3. The fourth-order valence-corrected chi connectivity index (χ4v) is 2.15. The van der Waals surface area contributed by atoms with Gasteiger partial charge in [-0.05, 0) is 52.2 Å². The average molecular weight is 387 g/mol. The van der Waals surface area contributed by atoms with E-state index in [4.69, 9.17) is 4.42 Å². The van der Waals surface area contributed by atoms with E-state index in [1.54, 1.807) is 6.07 Å². The van der Waals surface area contributed by atoms with Crippen LogP contribution in [0.25, 0.3) is 0 Å². The van der Waals surface area contributed by atoms with Crippen molar-refractivity contribution in [3.05, 3.63) is 58.0 Å². The highest BCUT2D eigenvalue weighted by molar-refractivity contribution is 9.10. The highest BCUT2D eigenvalue weighted by atomic mass is 79.9. The van der Waals surface area contributed by atoms with Crippen LogP contribution >= 0.6 is 15.9 Å². The largest absolute Gasteiger partial charge is 0.444 e. The van der Waals surface area contributed by atoms with Gasteiger partial charge in [0.1, 0.15) is 11.6 Å². The molecule has 1 aromatic carbocycles. The maximum absolute atomic E-state index is 13.0. The molecule has 0 unspecified atom stereocenters. The van der Waals surface area contributed by atoms with Crippen molar-refractivity contribution >= 4 is 27.7 Å². The summed E-state index contributed by atoms with van der Waals surface area (Å²) in [6.45, 7) is -0.0292. The van der Waals surface area contributed by atoms with Gasteiger partial charge < -0.3 is 15.1 Å². The van der Waals surface area contributed by atoms with Gasteiger partial charge in [-0.1, -0.05) is 0 Å². The topological polar surface area (TPSA) is 71.3 Å². The van der Waals surface area contributed by atoms with E-state index in [-0.39, 0.29) is 25.3 Å². The second-order valence-electron chi connectivity index (χ2n) is 4.66. The number of hydrogen-bond acceptors (Lipinski definition) is 3. The summed E-state index contributed by atoms with van der Waals surface area (Å²) in [6, 6.07) is 6.21. The molecule has 2 aromatic rings. The van der Waals surface area contributed by atoms with Crippen LogP contribution in [-0.4, -0.2) is 24.9 Å². The number of nitrogens with one attached hydrogen (secondary N) is 2. The highest BCUT2D eigenvalue weighted by Gasteiger charge is 2.11. The smallest absolute Gasteiger partial charge is 0.287 e. The number of benzene rings is 1. The van der Waals surface area contributed by atoms with Crippen LogP contribution in [0.5, 0.6) is 0 Å². The fraction of sp³-hybridized carbons (Fsp3) is 0.200. The van der Waals surface area contributed by atoms with E-state index < -0.39 is 23.4 Å². The number of hydrogen-bond donors (Lipinski definition) is 2. The lowest BCUT2D eigenvalue weighted by Gasteiger charge is -2.06. The standard InChI is InChI=1S/C15H13BrF2N2O3/c16-13-2-1-12(23-13)15(22)20-8-14(21)19-4-3-9-5-10(17)7-11(18)6-9/h1-2,5-7H,3-4,8H2,(H,19,21)(H,20,22). The second-order valence-corrected chi connectivity index (χ2v) is 5.45. The summed E-state index contributed by atoms with van der Waals surface area (Å²) in [6.07, 6.45) is 0.277. The fourth-order valence-electron chi connectivity index (χ4n) is 1.85. The van der Waals surface area contributed by atoms with E-state index in [1.165, 1.54) is 18.2 Å². The minimum Gasteiger partial charge on any atom is -0.444 e. The van der Waals surface area contributed by atoms with Gasteiger partial charge >= 0.3 is 0 Å². The van der Waals surface area contributed by atoms with Crippen LogP contribution in [0.4, 0.5) is 8.78 Å². The molecule has 0 spiro atoms. The zero-order valence-electron chi connectivity index (χ0n) is 11.9. The Labute approximate surface area is 139 Å². The van der Waals surface area contributed by atoms with Crippen LogP contribution in [0.3, 0.4) is 0 Å². The van der Waals surface area contributed by atoms with Gasteiger partial charge in [-0.2, -0.15) is 0 Å². The number of halogens is 3. The molecule has 2 amide bonds. The van der Waals surface area contributed by atoms with Gasteiger partial charge in [0, 0.05) is 12.6 Å². The van der Waals surface area contributed by atoms with Crippen LogP contribution in [-0.2, 0) is 11.2 Å². The summed E-state index contributed by atoms with van der Waals surface area (Å²) in [5, 5.41) is 4.94. The van der Waals surface area contributed by atoms with Gasteiger partial charge in [-0.3, -0.25) is 9.59 Å². The van der Waals surface area contributed by atoms with Crippen LogP contribution in [0, 0.1) is 11.6 Å². The van der Waals surface area contributed by atoms with Crippen LogP contribution < -0.4 is 10.6 Å². The Balaban J connectivity index is 1.72. The third-order valence-corrected chi connectivity index (χ3v) is 3.29. The van der Waals surface area contributed by atoms with Crippen molar-refractivity contribution in [3.8, 4) is 0 Å². The first-order valence-corrected chi connectivity index (χ1v) is 7.48. The Morgan fingerprint density at radius 3 is 2.39 bits per heavy atom. The molecule has 1 heterocycles. The summed E-state index contributed by atoms with van der Waals surface area (Å²) in [4.78, 5) is 23.2. The SMILES string of the molecule is O=C(CNC(=O)c1ccc(Br)o1)NCCc1cc(F)cc(F)c1. The van der Waals surface area contributed by atoms with Crippen molar-refractivity contribution in [1.82, 2.24) is 10.6 Å².